The molecule has 1 heterocycles. The first kappa shape index (κ1) is 22.9. The van der Waals surface area contributed by atoms with Crippen LogP contribution in [0.5, 0.6) is 0 Å². The molecule has 1 aliphatic heterocycles. The second-order valence-electron chi connectivity index (χ2n) is 12.1. The number of rotatable bonds is 4. The van der Waals surface area contributed by atoms with E-state index in [0.717, 1.165) is 58.2 Å². The number of aliphatic hydroxyl groups is 1. The maximum absolute atomic E-state index is 12.2. The van der Waals surface area contributed by atoms with Gasteiger partial charge in [-0.1, -0.05) is 25.5 Å². The predicted molar refractivity (Wildman–Crippen MR) is 122 cm³/mol. The molecule has 0 radical (unpaired) electrons. The van der Waals surface area contributed by atoms with Gasteiger partial charge in [-0.2, -0.15) is 0 Å². The molecule has 0 unspecified atom stereocenters. The Balaban J connectivity index is 1.37. The Morgan fingerprint density at radius 1 is 1.16 bits per heavy atom. The fourth-order valence-corrected chi connectivity index (χ4v) is 9.00. The lowest BCUT2D eigenvalue weighted by molar-refractivity contribution is -0.186. The van der Waals surface area contributed by atoms with E-state index in [2.05, 4.69) is 19.9 Å². The van der Waals surface area contributed by atoms with Crippen molar-refractivity contribution in [2.45, 2.75) is 96.9 Å². The van der Waals surface area contributed by atoms with E-state index < -0.39 is 5.60 Å². The molecule has 0 aromatic heterocycles. The molecule has 180 valence electrons. The zero-order chi connectivity index (χ0) is 22.8. The number of hydrogen-bond acceptors (Lipinski definition) is 5. The van der Waals surface area contributed by atoms with Crippen LogP contribution in [-0.2, 0) is 19.0 Å². The third-order valence-electron chi connectivity index (χ3n) is 10.5. The maximum atomic E-state index is 12.2. The number of allylic oxidation sites excluding steroid dienone is 1. The minimum atomic E-state index is -1.00. The molecule has 4 aliphatic carbocycles. The topological polar surface area (TPSA) is 65.0 Å². The van der Waals surface area contributed by atoms with E-state index in [4.69, 9.17) is 14.2 Å². The van der Waals surface area contributed by atoms with Gasteiger partial charge in [0.05, 0.1) is 31.8 Å². The molecular weight excluding hydrogens is 404 g/mol. The first-order valence-electron chi connectivity index (χ1n) is 13.0. The van der Waals surface area contributed by atoms with E-state index in [0.29, 0.717) is 24.4 Å². The molecule has 0 amide bonds. The highest BCUT2D eigenvalue weighted by Gasteiger charge is 2.62. The van der Waals surface area contributed by atoms with E-state index in [-0.39, 0.29) is 34.9 Å². The predicted octanol–water partition coefficient (Wildman–Crippen LogP) is 5.01. The Morgan fingerprint density at radius 3 is 2.62 bits per heavy atom. The first-order valence-corrected chi connectivity index (χ1v) is 13.0. The van der Waals surface area contributed by atoms with Crippen LogP contribution >= 0.6 is 0 Å². The molecule has 5 rings (SSSR count). The number of carbonyl (C=O) groups excluding carboxylic acids is 1. The average molecular weight is 447 g/mol. The summed E-state index contributed by atoms with van der Waals surface area (Å²) in [4.78, 5) is 12.2. The van der Waals surface area contributed by atoms with E-state index in [1.165, 1.54) is 6.42 Å². The molecule has 1 N–H and O–H groups in total. The molecule has 0 bridgehead atoms. The Hall–Kier alpha value is -0.910. The van der Waals surface area contributed by atoms with Gasteiger partial charge in [-0.15, -0.1) is 0 Å². The quantitative estimate of drug-likeness (QED) is 0.486. The van der Waals surface area contributed by atoms with Gasteiger partial charge in [0.2, 0.25) is 0 Å². The molecule has 5 heteroatoms. The Bertz CT molecular complexity index is 781. The minimum Gasteiger partial charge on any atom is -0.466 e. The van der Waals surface area contributed by atoms with Crippen LogP contribution in [0.2, 0.25) is 0 Å². The maximum Gasteiger partial charge on any atom is 0.308 e. The van der Waals surface area contributed by atoms with Gasteiger partial charge in [0.25, 0.3) is 0 Å². The first-order chi connectivity index (χ1) is 15.1. The number of carbonyl (C=O) groups is 1. The molecule has 32 heavy (non-hydrogen) atoms. The number of hydrogen-bond donors (Lipinski definition) is 1. The van der Waals surface area contributed by atoms with Gasteiger partial charge in [0.15, 0.2) is 5.79 Å². The summed E-state index contributed by atoms with van der Waals surface area (Å²) >= 11 is 0. The van der Waals surface area contributed by atoms with Crippen molar-refractivity contribution in [2.24, 2.45) is 34.5 Å². The number of fused-ring (bicyclic) bond motifs is 5. The van der Waals surface area contributed by atoms with Gasteiger partial charge in [-0.05, 0) is 86.9 Å². The third kappa shape index (κ3) is 3.41. The van der Waals surface area contributed by atoms with Crippen LogP contribution in [0, 0.1) is 34.5 Å². The largest absolute Gasteiger partial charge is 0.466 e. The van der Waals surface area contributed by atoms with Crippen LogP contribution in [-0.4, -0.2) is 42.3 Å². The van der Waals surface area contributed by atoms with Crippen molar-refractivity contribution < 1.29 is 24.1 Å². The van der Waals surface area contributed by atoms with Crippen LogP contribution in [0.4, 0.5) is 0 Å². The van der Waals surface area contributed by atoms with Crippen molar-refractivity contribution >= 4 is 5.97 Å². The fraction of sp³-hybridized carbons (Fsp3) is 0.889. The van der Waals surface area contributed by atoms with Crippen molar-refractivity contribution in [2.75, 3.05) is 19.8 Å². The van der Waals surface area contributed by atoms with Gasteiger partial charge >= 0.3 is 5.97 Å². The molecule has 1 spiro atoms. The molecule has 1 saturated heterocycles. The molecule has 5 aliphatic rings. The zero-order valence-corrected chi connectivity index (χ0v) is 20.5. The lowest BCUT2D eigenvalue weighted by atomic mass is 9.46. The highest BCUT2D eigenvalue weighted by molar-refractivity contribution is 5.70. The van der Waals surface area contributed by atoms with Crippen molar-refractivity contribution in [1.29, 1.82) is 0 Å². The summed E-state index contributed by atoms with van der Waals surface area (Å²) in [6, 6.07) is 0. The van der Waals surface area contributed by atoms with Crippen LogP contribution in [0.1, 0.15) is 85.5 Å². The lowest BCUT2D eigenvalue weighted by Gasteiger charge is -2.59. The van der Waals surface area contributed by atoms with Crippen LogP contribution in [0.25, 0.3) is 0 Å². The van der Waals surface area contributed by atoms with E-state index in [1.807, 2.05) is 13.8 Å². The summed E-state index contributed by atoms with van der Waals surface area (Å²) in [7, 11) is 0. The summed E-state index contributed by atoms with van der Waals surface area (Å²) in [5.74, 6) is 1.51. The molecule has 5 nitrogen and oxygen atoms in total. The normalized spacial score (nSPS) is 44.2. The molecule has 0 aromatic carbocycles. The Kier molecular flexibility index (Phi) is 5.58. The molecule has 4 fully saturated rings. The van der Waals surface area contributed by atoms with Gasteiger partial charge in [0.1, 0.15) is 0 Å². The fourth-order valence-electron chi connectivity index (χ4n) is 9.00. The van der Waals surface area contributed by atoms with Crippen LogP contribution in [0.3, 0.4) is 0 Å². The Morgan fingerprint density at radius 2 is 1.91 bits per heavy atom. The number of esters is 1. The second kappa shape index (κ2) is 7.81. The van der Waals surface area contributed by atoms with Crippen LogP contribution in [0.15, 0.2) is 11.6 Å². The SMILES string of the molecule is CCOC(=O)C[C@@](C)(O)[C@H]1CC[C@H]2[C@@H]3CC=C4CC5(CC[C@]4(C)[C@H]3CC[C@@]21C)OCCO5. The standard InChI is InChI=1S/C27H42O5/c1-5-30-23(28)17-26(4,29)22-9-8-20-19-7-6-18-16-27(31-14-15-32-27)13-12-24(18,2)21(19)10-11-25(20,22)3/h6,19-22,29H,5,7-17H2,1-4H3/t19-,20-,21-,22-,24-,25-,26+/m0/s1. The van der Waals surface area contributed by atoms with Gasteiger partial charge in [0, 0.05) is 12.8 Å². The van der Waals surface area contributed by atoms with Crippen LogP contribution < -0.4 is 0 Å². The summed E-state index contributed by atoms with van der Waals surface area (Å²) in [6.07, 6.45) is 11.4. The third-order valence-corrected chi connectivity index (χ3v) is 10.5. The van der Waals surface area contributed by atoms with Crippen molar-refractivity contribution in [3.63, 3.8) is 0 Å². The number of ether oxygens (including phenoxy) is 3. The highest BCUT2D eigenvalue weighted by atomic mass is 16.7. The van der Waals surface area contributed by atoms with E-state index in [1.54, 1.807) is 5.57 Å². The smallest absolute Gasteiger partial charge is 0.308 e. The summed E-state index contributed by atoms with van der Waals surface area (Å²) in [5, 5.41) is 11.4. The van der Waals surface area contributed by atoms with Crippen molar-refractivity contribution in [3.05, 3.63) is 11.6 Å². The van der Waals surface area contributed by atoms with Gasteiger partial charge < -0.3 is 19.3 Å². The lowest BCUT2D eigenvalue weighted by Crippen LogP contribution is -2.54. The zero-order valence-electron chi connectivity index (χ0n) is 20.5. The van der Waals surface area contributed by atoms with Gasteiger partial charge in [-0.25, -0.2) is 0 Å². The monoisotopic (exact) mass is 446 g/mol. The molecule has 7 atom stereocenters. The highest BCUT2D eigenvalue weighted by Crippen LogP contribution is 2.68. The molecule has 3 saturated carbocycles. The van der Waals surface area contributed by atoms with E-state index in [9.17, 15) is 9.90 Å². The summed E-state index contributed by atoms with van der Waals surface area (Å²) in [6.45, 7) is 10.4. The Labute approximate surface area is 193 Å². The summed E-state index contributed by atoms with van der Waals surface area (Å²) in [5.41, 5.74) is 0.901. The molecular formula is C27H42O5. The summed E-state index contributed by atoms with van der Waals surface area (Å²) < 4.78 is 17.3. The average Bonchev–Trinajstić information content (AvgIpc) is 3.33. The molecule has 0 aromatic rings. The second-order valence-corrected chi connectivity index (χ2v) is 12.1. The van der Waals surface area contributed by atoms with Crippen molar-refractivity contribution in [3.8, 4) is 0 Å². The van der Waals surface area contributed by atoms with E-state index >= 15 is 0 Å². The van der Waals surface area contributed by atoms with Crippen molar-refractivity contribution in [1.82, 2.24) is 0 Å². The van der Waals surface area contributed by atoms with Gasteiger partial charge in [-0.3, -0.25) is 4.79 Å². The minimum absolute atomic E-state index is 0.0897.